The summed E-state index contributed by atoms with van der Waals surface area (Å²) in [5, 5.41) is 36.4. The van der Waals surface area contributed by atoms with Gasteiger partial charge >= 0.3 is 11.9 Å². The average Bonchev–Trinajstić information content (AvgIpc) is 3.10. The maximum atomic E-state index is 14.3. The number of esters is 2. The number of hydrogen-bond acceptors (Lipinski definition) is 13. The van der Waals surface area contributed by atoms with Gasteiger partial charge in [-0.1, -0.05) is 39.5 Å². The van der Waals surface area contributed by atoms with E-state index in [4.69, 9.17) is 28.4 Å². The highest BCUT2D eigenvalue weighted by atomic mass is 16.7. The fraction of sp³-hybridized carbons (Fsp3) is 0.762. The molecule has 0 aromatic heterocycles. The van der Waals surface area contributed by atoms with Crippen LogP contribution in [-0.4, -0.2) is 144 Å². The summed E-state index contributed by atoms with van der Waals surface area (Å²) < 4.78 is 36.9. The van der Waals surface area contributed by atoms with Gasteiger partial charge in [-0.3, -0.25) is 14.5 Å². The molecule has 13 heteroatoms. The zero-order valence-electron chi connectivity index (χ0n) is 34.9. The van der Waals surface area contributed by atoms with Crippen LogP contribution in [0.5, 0.6) is 5.75 Å². The Labute approximate surface area is 328 Å². The maximum Gasteiger partial charge on any atom is 0.312 e. The van der Waals surface area contributed by atoms with Crippen molar-refractivity contribution in [3.8, 4) is 5.75 Å². The van der Waals surface area contributed by atoms with E-state index >= 15 is 0 Å². The van der Waals surface area contributed by atoms with Gasteiger partial charge in [-0.05, 0) is 97.2 Å². The lowest BCUT2D eigenvalue weighted by Gasteiger charge is -2.47. The van der Waals surface area contributed by atoms with Gasteiger partial charge in [-0.2, -0.15) is 0 Å². The van der Waals surface area contributed by atoms with Crippen LogP contribution >= 0.6 is 0 Å². The number of likely N-dealkylation sites (N-methyl/N-ethyl adjacent to an activating group) is 1. The van der Waals surface area contributed by atoms with Gasteiger partial charge < -0.3 is 48.6 Å². The third-order valence-corrected chi connectivity index (χ3v) is 11.9. The molecular formula is C42H68N2O11. The zero-order chi connectivity index (χ0) is 41.0. The molecule has 55 heavy (non-hydrogen) atoms. The number of methoxy groups -OCH3 is 1. The number of aliphatic hydroxyl groups excluding tert-OH is 1. The third kappa shape index (κ3) is 10.9. The van der Waals surface area contributed by atoms with Gasteiger partial charge in [0.2, 0.25) is 0 Å². The second-order valence-electron chi connectivity index (χ2n) is 17.1. The average molecular weight is 777 g/mol. The van der Waals surface area contributed by atoms with Crippen LogP contribution in [0, 0.1) is 17.8 Å². The first-order valence-electron chi connectivity index (χ1n) is 19.8. The number of benzene rings is 1. The van der Waals surface area contributed by atoms with E-state index in [0.717, 1.165) is 5.57 Å². The normalized spacial score (nSPS) is 41.0. The van der Waals surface area contributed by atoms with Gasteiger partial charge in [0, 0.05) is 31.1 Å². The summed E-state index contributed by atoms with van der Waals surface area (Å²) in [4.78, 5) is 32.2. The topological polar surface area (TPSA) is 157 Å². The summed E-state index contributed by atoms with van der Waals surface area (Å²) in [6, 6.07) is 6.50. The van der Waals surface area contributed by atoms with E-state index in [1.54, 1.807) is 59.1 Å². The first-order chi connectivity index (χ1) is 25.7. The van der Waals surface area contributed by atoms with Crippen LogP contribution in [-0.2, 0) is 39.7 Å². The molecule has 0 aliphatic carbocycles. The van der Waals surface area contributed by atoms with Crippen molar-refractivity contribution in [3.63, 3.8) is 0 Å². The molecule has 1 unspecified atom stereocenters. The summed E-state index contributed by atoms with van der Waals surface area (Å²) >= 11 is 0. The van der Waals surface area contributed by atoms with Crippen molar-refractivity contribution >= 4 is 11.9 Å². The Morgan fingerprint density at radius 2 is 1.75 bits per heavy atom. The van der Waals surface area contributed by atoms with E-state index in [-0.39, 0.29) is 43.6 Å². The lowest BCUT2D eigenvalue weighted by molar-refractivity contribution is -0.299. The predicted molar refractivity (Wildman–Crippen MR) is 207 cm³/mol. The van der Waals surface area contributed by atoms with Crippen LogP contribution in [0.25, 0.3) is 0 Å². The van der Waals surface area contributed by atoms with Crippen LogP contribution in [0.15, 0.2) is 36.4 Å². The van der Waals surface area contributed by atoms with E-state index < -0.39 is 71.8 Å². The first-order valence-corrected chi connectivity index (χ1v) is 19.8. The Bertz CT molecular complexity index is 1430. The number of nitrogens with zero attached hydrogens (tertiary/aromatic N) is 2. The standard InChI is InChI=1S/C42H68N2O11/c1-13-33-42(9,49)37-25(3)22-44(21-24(2)23-51-37)26(4)20-41(8,48)38(55-40-35(46)32(43(10)11)18-27(5)52-40)28(6)36(29(7)39(47)53-33)54-34(45)19-30-14-16-31(50-12)17-15-30/h14-17,25-29,32-33,35-38,40,46,48-49H,2,13,18-23H2,1,3-12H3/t25-,26+,27+,28-,29+,32-,33+,35+,36-,37+,38+,40-,41+,42+/m0/s1. The van der Waals surface area contributed by atoms with E-state index in [0.29, 0.717) is 37.2 Å². The molecule has 3 aliphatic heterocycles. The van der Waals surface area contributed by atoms with Crippen LogP contribution < -0.4 is 4.74 Å². The Morgan fingerprint density at radius 3 is 2.35 bits per heavy atom. The number of carbonyl (C=O) groups excluding carboxylic acids is 2. The van der Waals surface area contributed by atoms with Crippen LogP contribution in [0.4, 0.5) is 0 Å². The molecule has 0 spiro atoms. The highest BCUT2D eigenvalue weighted by Crippen LogP contribution is 2.38. The summed E-state index contributed by atoms with van der Waals surface area (Å²) in [5.41, 5.74) is -1.72. The van der Waals surface area contributed by atoms with Gasteiger partial charge in [-0.15, -0.1) is 0 Å². The van der Waals surface area contributed by atoms with Crippen molar-refractivity contribution in [2.75, 3.05) is 40.9 Å². The molecule has 3 heterocycles. The molecule has 3 saturated heterocycles. The predicted octanol–water partition coefficient (Wildman–Crippen LogP) is 3.74. The van der Waals surface area contributed by atoms with Crippen molar-refractivity contribution in [1.82, 2.24) is 9.80 Å². The summed E-state index contributed by atoms with van der Waals surface area (Å²) in [7, 11) is 5.33. The number of hydrogen-bond donors (Lipinski definition) is 3. The molecule has 2 bridgehead atoms. The van der Waals surface area contributed by atoms with Crippen LogP contribution in [0.1, 0.15) is 80.2 Å². The molecule has 13 nitrogen and oxygen atoms in total. The van der Waals surface area contributed by atoms with Crippen LogP contribution in [0.2, 0.25) is 0 Å². The van der Waals surface area contributed by atoms with Crippen molar-refractivity contribution in [2.24, 2.45) is 17.8 Å². The second-order valence-corrected chi connectivity index (χ2v) is 17.1. The largest absolute Gasteiger partial charge is 0.497 e. The molecule has 0 radical (unpaired) electrons. The fourth-order valence-corrected chi connectivity index (χ4v) is 8.92. The number of aliphatic hydroxyl groups is 3. The Balaban J connectivity index is 1.83. The lowest BCUT2D eigenvalue weighted by atomic mass is 9.78. The molecule has 1 aromatic rings. The summed E-state index contributed by atoms with van der Waals surface area (Å²) in [6.07, 6.45) is -5.47. The number of ether oxygens (including phenoxy) is 6. The maximum absolute atomic E-state index is 14.3. The van der Waals surface area contributed by atoms with Crippen molar-refractivity contribution < 1.29 is 53.3 Å². The molecule has 0 amide bonds. The van der Waals surface area contributed by atoms with Gasteiger partial charge in [0.1, 0.15) is 29.7 Å². The van der Waals surface area contributed by atoms with E-state index in [1.807, 2.05) is 46.7 Å². The Kier molecular flexibility index (Phi) is 15.4. The summed E-state index contributed by atoms with van der Waals surface area (Å²) in [6.45, 7) is 19.9. The third-order valence-electron chi connectivity index (χ3n) is 11.9. The number of fused-ring (bicyclic) bond motifs is 3. The minimum Gasteiger partial charge on any atom is -0.497 e. The monoisotopic (exact) mass is 776 g/mol. The minimum atomic E-state index is -1.61. The molecule has 4 rings (SSSR count). The molecule has 1 aromatic carbocycles. The van der Waals surface area contributed by atoms with Gasteiger partial charge in [-0.25, -0.2) is 0 Å². The van der Waals surface area contributed by atoms with Crippen molar-refractivity contribution in [3.05, 3.63) is 42.0 Å². The molecule has 15 atom stereocenters. The van der Waals surface area contributed by atoms with Crippen LogP contribution in [0.3, 0.4) is 0 Å². The lowest BCUT2D eigenvalue weighted by Crippen LogP contribution is -2.60. The number of cyclic esters (lactones) is 1. The van der Waals surface area contributed by atoms with Crippen molar-refractivity contribution in [1.29, 1.82) is 0 Å². The van der Waals surface area contributed by atoms with E-state index in [1.165, 1.54) is 0 Å². The van der Waals surface area contributed by atoms with Gasteiger partial charge in [0.05, 0.1) is 50.0 Å². The highest BCUT2D eigenvalue weighted by molar-refractivity contribution is 5.76. The second kappa shape index (κ2) is 18.8. The van der Waals surface area contributed by atoms with E-state index in [2.05, 4.69) is 11.5 Å². The molecular weight excluding hydrogens is 708 g/mol. The Morgan fingerprint density at radius 1 is 1.09 bits per heavy atom. The van der Waals surface area contributed by atoms with Gasteiger partial charge in [0.25, 0.3) is 0 Å². The number of rotatable bonds is 8. The smallest absolute Gasteiger partial charge is 0.312 e. The summed E-state index contributed by atoms with van der Waals surface area (Å²) in [5.74, 6) is -2.77. The molecule has 3 N–H and O–H groups in total. The molecule has 312 valence electrons. The quantitative estimate of drug-likeness (QED) is 0.260. The highest BCUT2D eigenvalue weighted by Gasteiger charge is 2.52. The SMILES string of the molecule is C=C1CO[C@@H]2[C@@H](C)CN(C1)[C@H](C)C[C@@](C)(O)[C@H](O[C@@H]1O[C@H](C)C[C@H](N(C)C)[C@H]1O)[C@@H](C)[C@H](OC(=O)Cc1ccc(OC)cc1)[C@@H](C)C(=O)O[C@H](CC)[C@@]2(C)O. The molecule has 3 aliphatic rings. The first kappa shape index (κ1) is 45.1. The molecule has 3 fully saturated rings. The zero-order valence-corrected chi connectivity index (χ0v) is 34.9. The van der Waals surface area contributed by atoms with E-state index in [9.17, 15) is 24.9 Å². The molecule has 0 saturated carbocycles. The van der Waals surface area contributed by atoms with Crippen molar-refractivity contribution in [2.45, 2.75) is 147 Å². The fourth-order valence-electron chi connectivity index (χ4n) is 8.92. The minimum absolute atomic E-state index is 0.0948. The Hall–Kier alpha value is -2.62. The number of carbonyl (C=O) groups is 2. The van der Waals surface area contributed by atoms with Gasteiger partial charge in [0.15, 0.2) is 6.29 Å².